The number of amides is 1. The number of piperidine rings is 1. The Kier molecular flexibility index (Phi) is 4.42. The number of nitrogens with one attached hydrogen (secondary N) is 1. The molecule has 1 aliphatic rings. The number of primary amides is 1. The molecule has 2 rings (SSSR count). The lowest BCUT2D eigenvalue weighted by Crippen LogP contribution is -2.39. The summed E-state index contributed by atoms with van der Waals surface area (Å²) in [5.74, 6) is 2.51. The van der Waals surface area contributed by atoms with Crippen molar-refractivity contribution in [2.24, 2.45) is 11.7 Å². The van der Waals surface area contributed by atoms with Crippen molar-refractivity contribution < 1.29 is 4.79 Å². The Hall–Kier alpha value is -1.85. The van der Waals surface area contributed by atoms with Crippen LogP contribution in [0.25, 0.3) is 0 Å². The van der Waals surface area contributed by atoms with E-state index in [4.69, 9.17) is 5.73 Å². The molecule has 2 heterocycles. The second-order valence-corrected chi connectivity index (χ2v) is 5.20. The molecule has 0 atom stereocenters. The molecule has 0 spiro atoms. The standard InChI is InChI=1S/C14H23N5O/c1-4-11-17-13(16-3)9(2)14(18-11)19-7-5-10(6-8-19)12(15)20/h10H,4-8H2,1-3H3,(H2,15,20)(H,16,17,18). The Morgan fingerprint density at radius 1 is 1.40 bits per heavy atom. The van der Waals surface area contributed by atoms with Gasteiger partial charge >= 0.3 is 0 Å². The number of hydrogen-bond donors (Lipinski definition) is 2. The zero-order valence-corrected chi connectivity index (χ0v) is 12.4. The predicted octanol–water partition coefficient (Wildman–Crippen LogP) is 1.09. The van der Waals surface area contributed by atoms with Gasteiger partial charge in [0.15, 0.2) is 0 Å². The summed E-state index contributed by atoms with van der Waals surface area (Å²) in [6, 6.07) is 0. The minimum absolute atomic E-state index is 0.00260. The fourth-order valence-corrected chi connectivity index (χ4v) is 2.64. The van der Waals surface area contributed by atoms with Gasteiger partial charge in [0.25, 0.3) is 0 Å². The number of nitrogens with two attached hydrogens (primary N) is 1. The van der Waals surface area contributed by atoms with Crippen LogP contribution in [0.4, 0.5) is 11.6 Å². The molecule has 1 amide bonds. The monoisotopic (exact) mass is 277 g/mol. The topological polar surface area (TPSA) is 84.1 Å². The molecule has 0 saturated carbocycles. The summed E-state index contributed by atoms with van der Waals surface area (Å²) in [5.41, 5.74) is 6.44. The molecule has 1 aromatic rings. The fraction of sp³-hybridized carbons (Fsp3) is 0.643. The molecule has 1 aromatic heterocycles. The molecule has 1 fully saturated rings. The van der Waals surface area contributed by atoms with Gasteiger partial charge in [-0.1, -0.05) is 6.92 Å². The zero-order chi connectivity index (χ0) is 14.7. The molecule has 0 aromatic carbocycles. The lowest BCUT2D eigenvalue weighted by atomic mass is 9.96. The molecule has 20 heavy (non-hydrogen) atoms. The first-order chi connectivity index (χ1) is 9.56. The summed E-state index contributed by atoms with van der Waals surface area (Å²) in [4.78, 5) is 22.6. The number of rotatable bonds is 4. The van der Waals surface area contributed by atoms with Gasteiger partial charge in [0.05, 0.1) is 0 Å². The van der Waals surface area contributed by atoms with E-state index in [-0.39, 0.29) is 11.8 Å². The molecule has 6 nitrogen and oxygen atoms in total. The van der Waals surface area contributed by atoms with Crippen molar-refractivity contribution in [3.63, 3.8) is 0 Å². The van der Waals surface area contributed by atoms with Gasteiger partial charge in [-0.25, -0.2) is 9.97 Å². The number of anilines is 2. The van der Waals surface area contributed by atoms with Crippen molar-refractivity contribution in [1.82, 2.24) is 9.97 Å². The number of aryl methyl sites for hydroxylation is 1. The minimum atomic E-state index is -0.186. The summed E-state index contributed by atoms with van der Waals surface area (Å²) >= 11 is 0. The molecule has 6 heteroatoms. The maximum Gasteiger partial charge on any atom is 0.220 e. The summed E-state index contributed by atoms with van der Waals surface area (Å²) in [6.07, 6.45) is 2.41. The van der Waals surface area contributed by atoms with E-state index in [1.165, 1.54) is 0 Å². The highest BCUT2D eigenvalue weighted by Crippen LogP contribution is 2.27. The van der Waals surface area contributed by atoms with Crippen molar-refractivity contribution in [2.75, 3.05) is 30.4 Å². The van der Waals surface area contributed by atoms with E-state index in [9.17, 15) is 4.79 Å². The van der Waals surface area contributed by atoms with Gasteiger partial charge in [-0.05, 0) is 19.8 Å². The van der Waals surface area contributed by atoms with Crippen LogP contribution in [-0.4, -0.2) is 36.0 Å². The molecule has 0 bridgehead atoms. The number of hydrogen-bond acceptors (Lipinski definition) is 5. The minimum Gasteiger partial charge on any atom is -0.373 e. The van der Waals surface area contributed by atoms with Gasteiger partial charge < -0.3 is 16.0 Å². The van der Waals surface area contributed by atoms with E-state index in [2.05, 4.69) is 20.2 Å². The Balaban J connectivity index is 2.23. The maximum absolute atomic E-state index is 11.2. The van der Waals surface area contributed by atoms with Gasteiger partial charge in [-0.3, -0.25) is 4.79 Å². The van der Waals surface area contributed by atoms with Crippen molar-refractivity contribution >= 4 is 17.5 Å². The normalized spacial score (nSPS) is 16.2. The number of nitrogens with zero attached hydrogens (tertiary/aromatic N) is 3. The molecule has 1 saturated heterocycles. The van der Waals surface area contributed by atoms with Crippen LogP contribution in [-0.2, 0) is 11.2 Å². The molecule has 0 radical (unpaired) electrons. The van der Waals surface area contributed by atoms with E-state index < -0.39 is 0 Å². The Morgan fingerprint density at radius 2 is 2.05 bits per heavy atom. The lowest BCUT2D eigenvalue weighted by Gasteiger charge is -2.32. The summed E-state index contributed by atoms with van der Waals surface area (Å²) in [6.45, 7) is 5.71. The third kappa shape index (κ3) is 2.84. The second-order valence-electron chi connectivity index (χ2n) is 5.20. The molecule has 1 aliphatic heterocycles. The molecule has 0 unspecified atom stereocenters. The van der Waals surface area contributed by atoms with Crippen LogP contribution in [0, 0.1) is 12.8 Å². The molecule has 0 aliphatic carbocycles. The van der Waals surface area contributed by atoms with Crippen LogP contribution >= 0.6 is 0 Å². The predicted molar refractivity (Wildman–Crippen MR) is 79.8 cm³/mol. The van der Waals surface area contributed by atoms with Crippen LogP contribution in [0.2, 0.25) is 0 Å². The number of carbonyl (C=O) groups is 1. The van der Waals surface area contributed by atoms with Gasteiger partial charge in [0.2, 0.25) is 5.91 Å². The zero-order valence-electron chi connectivity index (χ0n) is 12.4. The Labute approximate surface area is 119 Å². The highest BCUT2D eigenvalue weighted by Gasteiger charge is 2.25. The summed E-state index contributed by atoms with van der Waals surface area (Å²) in [7, 11) is 1.87. The summed E-state index contributed by atoms with van der Waals surface area (Å²) in [5, 5.41) is 3.12. The van der Waals surface area contributed by atoms with Crippen LogP contribution in [0.1, 0.15) is 31.2 Å². The average molecular weight is 277 g/mol. The Morgan fingerprint density at radius 3 is 2.55 bits per heavy atom. The van der Waals surface area contributed by atoms with Crippen LogP contribution in [0.3, 0.4) is 0 Å². The molecule has 110 valence electrons. The summed E-state index contributed by atoms with van der Waals surface area (Å²) < 4.78 is 0. The van der Waals surface area contributed by atoms with Gasteiger partial charge in [0, 0.05) is 38.0 Å². The third-order valence-corrected chi connectivity index (χ3v) is 3.92. The second kappa shape index (κ2) is 6.07. The van der Waals surface area contributed by atoms with Gasteiger partial charge in [-0.15, -0.1) is 0 Å². The van der Waals surface area contributed by atoms with Crippen molar-refractivity contribution in [3.05, 3.63) is 11.4 Å². The smallest absolute Gasteiger partial charge is 0.220 e. The van der Waals surface area contributed by atoms with E-state index in [1.54, 1.807) is 0 Å². The maximum atomic E-state index is 11.2. The van der Waals surface area contributed by atoms with Crippen molar-refractivity contribution in [1.29, 1.82) is 0 Å². The van der Waals surface area contributed by atoms with Crippen molar-refractivity contribution in [2.45, 2.75) is 33.1 Å². The van der Waals surface area contributed by atoms with Gasteiger partial charge in [0.1, 0.15) is 17.5 Å². The van der Waals surface area contributed by atoms with E-state index in [0.717, 1.165) is 55.4 Å². The van der Waals surface area contributed by atoms with Crippen molar-refractivity contribution in [3.8, 4) is 0 Å². The first-order valence-electron chi connectivity index (χ1n) is 7.16. The fourth-order valence-electron chi connectivity index (χ4n) is 2.64. The molecular formula is C14H23N5O. The quantitative estimate of drug-likeness (QED) is 0.860. The largest absolute Gasteiger partial charge is 0.373 e. The number of aromatic nitrogens is 2. The first-order valence-corrected chi connectivity index (χ1v) is 7.16. The van der Waals surface area contributed by atoms with E-state index in [1.807, 2.05) is 20.9 Å². The lowest BCUT2D eigenvalue weighted by molar-refractivity contribution is -0.122. The highest BCUT2D eigenvalue weighted by molar-refractivity contribution is 5.77. The van der Waals surface area contributed by atoms with E-state index in [0.29, 0.717) is 0 Å². The first kappa shape index (κ1) is 14.6. The third-order valence-electron chi connectivity index (χ3n) is 3.92. The Bertz CT molecular complexity index is 495. The van der Waals surface area contributed by atoms with Crippen LogP contribution in [0.5, 0.6) is 0 Å². The average Bonchev–Trinajstić information content (AvgIpc) is 2.47. The molecule has 3 N–H and O–H groups in total. The molecular weight excluding hydrogens is 254 g/mol. The SMILES string of the molecule is CCc1nc(NC)c(C)c(N2CCC(C(N)=O)CC2)n1. The van der Waals surface area contributed by atoms with Gasteiger partial charge in [-0.2, -0.15) is 0 Å². The van der Waals surface area contributed by atoms with Crippen LogP contribution < -0.4 is 16.0 Å². The highest BCUT2D eigenvalue weighted by atomic mass is 16.1. The van der Waals surface area contributed by atoms with E-state index >= 15 is 0 Å². The van der Waals surface area contributed by atoms with Crippen LogP contribution in [0.15, 0.2) is 0 Å². The number of carbonyl (C=O) groups excluding carboxylic acids is 1.